The summed E-state index contributed by atoms with van der Waals surface area (Å²) in [5.74, 6) is 0.438. The van der Waals surface area contributed by atoms with Gasteiger partial charge in [-0.15, -0.1) is 0 Å². The van der Waals surface area contributed by atoms with Gasteiger partial charge in [0.25, 0.3) is 0 Å². The Morgan fingerprint density at radius 1 is 1.64 bits per heavy atom. The van der Waals surface area contributed by atoms with Crippen LogP contribution >= 0.6 is 23.5 Å². The summed E-state index contributed by atoms with van der Waals surface area (Å²) < 4.78 is -0.0423. The third-order valence-corrected chi connectivity index (χ3v) is 5.19. The molecular formula is C9H14O3S2. The fourth-order valence-electron chi connectivity index (χ4n) is 1.45. The second kappa shape index (κ2) is 4.57. The minimum Gasteiger partial charge on any atom is -0.481 e. The van der Waals surface area contributed by atoms with Crippen molar-refractivity contribution in [2.45, 2.75) is 25.0 Å². The molecule has 1 heterocycles. The SMILES string of the molecule is CC(=O)SC[C@]1(C)C[C@@H](C(=O)O)CS1. The van der Waals surface area contributed by atoms with Crippen molar-refractivity contribution >= 4 is 34.6 Å². The van der Waals surface area contributed by atoms with Crippen LogP contribution < -0.4 is 0 Å². The normalized spacial score (nSPS) is 31.7. The Hall–Kier alpha value is -0.160. The molecule has 0 aliphatic carbocycles. The minimum atomic E-state index is -0.714. The lowest BCUT2D eigenvalue weighted by molar-refractivity contribution is -0.141. The van der Waals surface area contributed by atoms with Crippen LogP contribution in [0.3, 0.4) is 0 Å². The average molecular weight is 234 g/mol. The average Bonchev–Trinajstić information content (AvgIpc) is 2.46. The van der Waals surface area contributed by atoms with Gasteiger partial charge in [0.15, 0.2) is 5.12 Å². The summed E-state index contributed by atoms with van der Waals surface area (Å²) in [6.45, 7) is 3.58. The van der Waals surface area contributed by atoms with Gasteiger partial charge in [-0.3, -0.25) is 9.59 Å². The van der Waals surface area contributed by atoms with Crippen molar-refractivity contribution in [2.75, 3.05) is 11.5 Å². The molecule has 2 atom stereocenters. The van der Waals surface area contributed by atoms with Crippen molar-refractivity contribution in [3.05, 3.63) is 0 Å². The molecule has 1 rings (SSSR count). The second-order valence-corrected chi connectivity index (χ2v) is 6.54. The maximum atomic E-state index is 10.8. The van der Waals surface area contributed by atoms with E-state index in [1.54, 1.807) is 18.7 Å². The molecule has 3 nitrogen and oxygen atoms in total. The van der Waals surface area contributed by atoms with Gasteiger partial charge in [0.05, 0.1) is 5.92 Å². The van der Waals surface area contributed by atoms with Gasteiger partial charge >= 0.3 is 5.97 Å². The summed E-state index contributed by atoms with van der Waals surface area (Å²) in [5.41, 5.74) is 0. The molecule has 1 aliphatic rings. The summed E-state index contributed by atoms with van der Waals surface area (Å²) in [6, 6.07) is 0. The Morgan fingerprint density at radius 3 is 2.71 bits per heavy atom. The van der Waals surface area contributed by atoms with Gasteiger partial charge in [-0.1, -0.05) is 11.8 Å². The third-order valence-electron chi connectivity index (χ3n) is 2.24. The first-order valence-electron chi connectivity index (χ1n) is 4.43. The number of rotatable bonds is 3. The number of carboxylic acids is 1. The van der Waals surface area contributed by atoms with E-state index in [1.807, 2.05) is 6.92 Å². The van der Waals surface area contributed by atoms with Gasteiger partial charge < -0.3 is 5.11 Å². The quantitative estimate of drug-likeness (QED) is 0.808. The molecule has 0 bridgehead atoms. The van der Waals surface area contributed by atoms with E-state index in [0.717, 1.165) is 5.75 Å². The van der Waals surface area contributed by atoms with Crippen LogP contribution in [0, 0.1) is 5.92 Å². The number of hydrogen-bond acceptors (Lipinski definition) is 4. The number of carbonyl (C=O) groups excluding carboxylic acids is 1. The number of thioether (sulfide) groups is 2. The first-order valence-corrected chi connectivity index (χ1v) is 6.40. The highest BCUT2D eigenvalue weighted by Gasteiger charge is 2.39. The summed E-state index contributed by atoms with van der Waals surface area (Å²) in [6.07, 6.45) is 0.674. The zero-order chi connectivity index (χ0) is 10.8. The fraction of sp³-hybridized carbons (Fsp3) is 0.778. The maximum Gasteiger partial charge on any atom is 0.307 e. The molecule has 0 aromatic heterocycles. The molecule has 1 fully saturated rings. The minimum absolute atomic E-state index is 0.0423. The maximum absolute atomic E-state index is 10.8. The van der Waals surface area contributed by atoms with Crippen molar-refractivity contribution < 1.29 is 14.7 Å². The van der Waals surface area contributed by atoms with Crippen molar-refractivity contribution in [1.82, 2.24) is 0 Å². The summed E-state index contributed by atoms with van der Waals surface area (Å²) in [7, 11) is 0. The number of carboxylic acid groups (broad SMARTS) is 1. The van der Waals surface area contributed by atoms with Crippen LogP contribution in [0.25, 0.3) is 0 Å². The Morgan fingerprint density at radius 2 is 2.29 bits per heavy atom. The van der Waals surface area contributed by atoms with Crippen molar-refractivity contribution in [1.29, 1.82) is 0 Å². The van der Waals surface area contributed by atoms with Crippen LogP contribution in [0.4, 0.5) is 0 Å². The van der Waals surface area contributed by atoms with E-state index in [4.69, 9.17) is 5.11 Å². The lowest BCUT2D eigenvalue weighted by Crippen LogP contribution is -2.23. The third kappa shape index (κ3) is 3.20. The summed E-state index contributed by atoms with van der Waals surface area (Å²) >= 11 is 2.96. The molecule has 1 N–H and O–H groups in total. The zero-order valence-corrected chi connectivity index (χ0v) is 9.91. The van der Waals surface area contributed by atoms with Crippen LogP contribution in [-0.4, -0.2) is 32.4 Å². The van der Waals surface area contributed by atoms with Crippen LogP contribution in [0.5, 0.6) is 0 Å². The highest BCUT2D eigenvalue weighted by molar-refractivity contribution is 8.14. The molecule has 5 heteroatoms. The van der Waals surface area contributed by atoms with Gasteiger partial charge in [-0.25, -0.2) is 0 Å². The lowest BCUT2D eigenvalue weighted by atomic mass is 9.99. The van der Waals surface area contributed by atoms with Gasteiger partial charge in [0.1, 0.15) is 0 Å². The topological polar surface area (TPSA) is 54.4 Å². The van der Waals surface area contributed by atoms with Crippen molar-refractivity contribution in [3.8, 4) is 0 Å². The Kier molecular flexibility index (Phi) is 3.89. The van der Waals surface area contributed by atoms with Crippen LogP contribution in [-0.2, 0) is 9.59 Å². The molecule has 0 aromatic carbocycles. The zero-order valence-electron chi connectivity index (χ0n) is 8.28. The van der Waals surface area contributed by atoms with E-state index in [0.29, 0.717) is 12.2 Å². The van der Waals surface area contributed by atoms with Crippen LogP contribution in [0.1, 0.15) is 20.3 Å². The number of carbonyl (C=O) groups is 2. The van der Waals surface area contributed by atoms with Crippen molar-refractivity contribution in [3.63, 3.8) is 0 Å². The van der Waals surface area contributed by atoms with Crippen LogP contribution in [0.15, 0.2) is 0 Å². The molecule has 80 valence electrons. The predicted molar refractivity (Wildman–Crippen MR) is 59.7 cm³/mol. The van der Waals surface area contributed by atoms with E-state index >= 15 is 0 Å². The molecule has 1 aliphatic heterocycles. The Labute approximate surface area is 92.0 Å². The number of aliphatic carboxylic acids is 1. The van der Waals surface area contributed by atoms with Crippen molar-refractivity contribution in [2.24, 2.45) is 5.92 Å². The lowest BCUT2D eigenvalue weighted by Gasteiger charge is -2.21. The molecule has 0 radical (unpaired) electrons. The molecule has 0 saturated carbocycles. The van der Waals surface area contributed by atoms with E-state index in [-0.39, 0.29) is 15.8 Å². The largest absolute Gasteiger partial charge is 0.481 e. The molecule has 0 aromatic rings. The molecule has 0 spiro atoms. The molecular weight excluding hydrogens is 220 g/mol. The van der Waals surface area contributed by atoms with E-state index in [2.05, 4.69) is 0 Å². The summed E-state index contributed by atoms with van der Waals surface area (Å²) in [4.78, 5) is 21.5. The van der Waals surface area contributed by atoms with E-state index in [1.165, 1.54) is 11.8 Å². The van der Waals surface area contributed by atoms with Gasteiger partial charge in [0.2, 0.25) is 0 Å². The Bertz CT molecular complexity index is 254. The van der Waals surface area contributed by atoms with E-state index < -0.39 is 5.97 Å². The first kappa shape index (κ1) is 11.9. The molecule has 1 saturated heterocycles. The number of hydrogen-bond donors (Lipinski definition) is 1. The molecule has 0 unspecified atom stereocenters. The smallest absolute Gasteiger partial charge is 0.307 e. The molecule has 14 heavy (non-hydrogen) atoms. The highest BCUT2D eigenvalue weighted by Crippen LogP contribution is 2.43. The molecule has 0 amide bonds. The Balaban J connectivity index is 2.45. The standard InChI is InChI=1S/C9H14O3S2/c1-6(10)13-5-9(2)3-7(4-14-9)8(11)12/h7H,3-5H2,1-2H3,(H,11,12)/t7-,9+/m1/s1. The van der Waals surface area contributed by atoms with E-state index in [9.17, 15) is 9.59 Å². The second-order valence-electron chi connectivity index (χ2n) is 3.78. The van der Waals surface area contributed by atoms with Gasteiger partial charge in [0, 0.05) is 23.2 Å². The highest BCUT2D eigenvalue weighted by atomic mass is 32.2. The monoisotopic (exact) mass is 234 g/mol. The van der Waals surface area contributed by atoms with Gasteiger partial charge in [-0.2, -0.15) is 11.8 Å². The van der Waals surface area contributed by atoms with Gasteiger partial charge in [-0.05, 0) is 13.3 Å². The first-order chi connectivity index (χ1) is 6.43. The summed E-state index contributed by atoms with van der Waals surface area (Å²) in [5, 5.41) is 8.94. The van der Waals surface area contributed by atoms with Crippen LogP contribution in [0.2, 0.25) is 0 Å². The fourth-order valence-corrected chi connectivity index (χ4v) is 3.77. The predicted octanol–water partition coefficient (Wildman–Crippen LogP) is 1.86.